The third-order valence-corrected chi connectivity index (χ3v) is 7.84. The monoisotopic (exact) mass is 556 g/mol. The van der Waals surface area contributed by atoms with Crippen molar-refractivity contribution in [1.82, 2.24) is 0 Å². The molecule has 4 heterocycles. The van der Waals surface area contributed by atoms with Crippen LogP contribution in [0.2, 0.25) is 0 Å². The normalized spacial score (nSPS) is 23.8. The number of epoxide rings is 4. The minimum absolute atomic E-state index is 0.150. The second-order valence-corrected chi connectivity index (χ2v) is 11.0. The highest BCUT2D eigenvalue weighted by Crippen LogP contribution is 2.40. The number of hydrogen-bond donors (Lipinski definition) is 0. The van der Waals surface area contributed by atoms with Crippen LogP contribution in [0.3, 0.4) is 0 Å². The minimum Gasteiger partial charge on any atom is -0.490 e. The van der Waals surface area contributed by atoms with E-state index in [9.17, 15) is 0 Å². The van der Waals surface area contributed by atoms with Gasteiger partial charge in [-0.1, -0.05) is 24.3 Å². The van der Waals surface area contributed by atoms with Crippen LogP contribution in [0.5, 0.6) is 23.0 Å². The highest BCUT2D eigenvalue weighted by Gasteiger charge is 2.28. The lowest BCUT2D eigenvalue weighted by atomic mass is 9.93. The molecular weight excluding hydrogens is 524 g/mol. The van der Waals surface area contributed by atoms with Crippen molar-refractivity contribution in [3.05, 3.63) is 71.8 Å². The summed E-state index contributed by atoms with van der Waals surface area (Å²) in [6, 6.07) is 20.7. The Morgan fingerprint density at radius 1 is 0.439 bits per heavy atom. The molecule has 0 radical (unpaired) electrons. The lowest BCUT2D eigenvalue weighted by molar-refractivity contribution is 0.259. The van der Waals surface area contributed by atoms with Gasteiger partial charge in [0.05, 0.1) is 26.4 Å². The van der Waals surface area contributed by atoms with Crippen LogP contribution in [-0.4, -0.2) is 77.3 Å². The fourth-order valence-electron chi connectivity index (χ4n) is 5.19. The van der Waals surface area contributed by atoms with Crippen molar-refractivity contribution < 1.29 is 37.9 Å². The van der Waals surface area contributed by atoms with Crippen molar-refractivity contribution in [1.29, 1.82) is 0 Å². The fourth-order valence-corrected chi connectivity index (χ4v) is 5.19. The molecule has 4 aliphatic rings. The van der Waals surface area contributed by atoms with Crippen molar-refractivity contribution in [2.24, 2.45) is 0 Å². The van der Waals surface area contributed by atoms with Crippen LogP contribution in [0.25, 0.3) is 21.5 Å². The van der Waals surface area contributed by atoms with Crippen LogP contribution in [0.15, 0.2) is 60.7 Å². The Balaban J connectivity index is 1.22. The van der Waals surface area contributed by atoms with Gasteiger partial charge in [-0.25, -0.2) is 0 Å². The number of benzene rings is 4. The van der Waals surface area contributed by atoms with Gasteiger partial charge in [-0.2, -0.15) is 0 Å². The average molecular weight is 557 g/mol. The van der Waals surface area contributed by atoms with Crippen LogP contribution in [0.4, 0.5) is 0 Å². The molecule has 4 unspecified atom stereocenters. The number of rotatable bonds is 14. The molecule has 4 fully saturated rings. The summed E-state index contributed by atoms with van der Waals surface area (Å²) in [4.78, 5) is 0. The molecule has 0 spiro atoms. The van der Waals surface area contributed by atoms with Gasteiger partial charge in [0.1, 0.15) is 73.8 Å². The van der Waals surface area contributed by atoms with Crippen LogP contribution in [0, 0.1) is 0 Å². The molecule has 4 saturated heterocycles. The van der Waals surface area contributed by atoms with Gasteiger partial charge in [-0.05, 0) is 47.2 Å². The molecule has 212 valence electrons. The summed E-state index contributed by atoms with van der Waals surface area (Å²) in [5.41, 5.74) is 2.16. The summed E-state index contributed by atoms with van der Waals surface area (Å²) in [5, 5.41) is 4.25. The van der Waals surface area contributed by atoms with E-state index < -0.39 is 0 Å². The molecule has 0 saturated carbocycles. The van der Waals surface area contributed by atoms with E-state index in [4.69, 9.17) is 37.9 Å². The van der Waals surface area contributed by atoms with Crippen molar-refractivity contribution >= 4 is 21.5 Å². The third-order valence-electron chi connectivity index (χ3n) is 7.84. The van der Waals surface area contributed by atoms with Gasteiger partial charge in [0, 0.05) is 28.3 Å². The highest BCUT2D eigenvalue weighted by atomic mass is 16.6. The van der Waals surface area contributed by atoms with Crippen LogP contribution in [0.1, 0.15) is 11.1 Å². The molecule has 0 aromatic heterocycles. The molecule has 4 atom stereocenters. The van der Waals surface area contributed by atoms with Crippen LogP contribution >= 0.6 is 0 Å². The predicted octanol–water partition coefficient (Wildman–Crippen LogP) is 4.69. The Labute approximate surface area is 237 Å². The molecule has 0 bridgehead atoms. The second kappa shape index (κ2) is 10.7. The summed E-state index contributed by atoms with van der Waals surface area (Å²) < 4.78 is 46.7. The lowest BCUT2D eigenvalue weighted by Crippen LogP contribution is -2.09. The summed E-state index contributed by atoms with van der Waals surface area (Å²) in [7, 11) is 0. The third kappa shape index (κ3) is 5.78. The molecule has 41 heavy (non-hydrogen) atoms. The Hall–Kier alpha value is -3.56. The Bertz CT molecular complexity index is 1450. The van der Waals surface area contributed by atoms with E-state index >= 15 is 0 Å². The number of fused-ring (bicyclic) bond motifs is 2. The maximum atomic E-state index is 6.36. The topological polar surface area (TPSA) is 87.0 Å². The molecule has 0 N–H and O–H groups in total. The molecular formula is C33H32O8. The molecule has 8 rings (SSSR count). The van der Waals surface area contributed by atoms with Crippen molar-refractivity contribution in [2.75, 3.05) is 52.9 Å². The maximum absolute atomic E-state index is 6.36. The largest absolute Gasteiger partial charge is 0.490 e. The Kier molecular flexibility index (Phi) is 6.56. The van der Waals surface area contributed by atoms with E-state index in [1.165, 1.54) is 0 Å². The van der Waals surface area contributed by atoms with E-state index in [1.54, 1.807) is 0 Å². The summed E-state index contributed by atoms with van der Waals surface area (Å²) in [6.07, 6.45) is 1.26. The van der Waals surface area contributed by atoms with Gasteiger partial charge in [0.15, 0.2) is 0 Å². The first-order valence-corrected chi connectivity index (χ1v) is 14.4. The lowest BCUT2D eigenvalue weighted by Gasteiger charge is -2.20. The van der Waals surface area contributed by atoms with E-state index in [1.807, 2.05) is 24.3 Å². The SMILES string of the molecule is c1cc(OCC2CO2)c2ccc(OCC3CO3)c(Cc3c(OCC4CO4)ccc4c(OCC5CO5)cccc34)c2c1. The number of ether oxygens (including phenoxy) is 8. The first-order chi connectivity index (χ1) is 20.3. The summed E-state index contributed by atoms with van der Waals surface area (Å²) >= 11 is 0. The first-order valence-electron chi connectivity index (χ1n) is 14.4. The molecule has 0 aliphatic carbocycles. The van der Waals surface area contributed by atoms with Crippen LogP contribution in [-0.2, 0) is 25.4 Å². The van der Waals surface area contributed by atoms with Crippen LogP contribution < -0.4 is 18.9 Å². The van der Waals surface area contributed by atoms with E-state index in [-0.39, 0.29) is 24.4 Å². The Morgan fingerprint density at radius 2 is 0.805 bits per heavy atom. The molecule has 4 aliphatic heterocycles. The van der Waals surface area contributed by atoms with Gasteiger partial charge in [0.2, 0.25) is 0 Å². The van der Waals surface area contributed by atoms with Crippen molar-refractivity contribution in [2.45, 2.75) is 30.8 Å². The first kappa shape index (κ1) is 25.2. The number of hydrogen-bond acceptors (Lipinski definition) is 8. The molecule has 0 amide bonds. The highest BCUT2D eigenvalue weighted by molar-refractivity contribution is 5.96. The Morgan fingerprint density at radius 3 is 1.17 bits per heavy atom. The summed E-state index contributed by atoms with van der Waals surface area (Å²) in [6.45, 7) is 5.13. The second-order valence-electron chi connectivity index (χ2n) is 11.0. The predicted molar refractivity (Wildman–Crippen MR) is 152 cm³/mol. The van der Waals surface area contributed by atoms with E-state index in [0.29, 0.717) is 32.8 Å². The molecule has 4 aromatic carbocycles. The zero-order chi connectivity index (χ0) is 27.2. The zero-order valence-corrected chi connectivity index (χ0v) is 22.7. The zero-order valence-electron chi connectivity index (χ0n) is 22.7. The van der Waals surface area contributed by atoms with Crippen molar-refractivity contribution in [3.63, 3.8) is 0 Å². The van der Waals surface area contributed by atoms with Gasteiger partial charge in [-0.3, -0.25) is 0 Å². The van der Waals surface area contributed by atoms with Gasteiger partial charge in [0.25, 0.3) is 0 Å². The van der Waals surface area contributed by atoms with E-state index in [0.717, 1.165) is 82.1 Å². The van der Waals surface area contributed by atoms with Crippen molar-refractivity contribution in [3.8, 4) is 23.0 Å². The molecule has 8 heteroatoms. The van der Waals surface area contributed by atoms with E-state index in [2.05, 4.69) is 36.4 Å². The fraction of sp³-hybridized carbons (Fsp3) is 0.394. The quantitative estimate of drug-likeness (QED) is 0.207. The molecule has 4 aromatic rings. The molecule has 8 nitrogen and oxygen atoms in total. The van der Waals surface area contributed by atoms with Gasteiger partial charge in [-0.15, -0.1) is 0 Å². The minimum atomic E-state index is 0.150. The summed E-state index contributed by atoms with van der Waals surface area (Å²) in [5.74, 6) is 3.36. The average Bonchev–Trinajstić information content (AvgIpc) is 3.83. The van der Waals surface area contributed by atoms with Gasteiger partial charge < -0.3 is 37.9 Å². The smallest absolute Gasteiger partial charge is 0.127 e. The standard InChI is InChI=1S/C33H32O8/c1-3-24-26(30(5-1)38-16-20-12-34-20)7-9-32(40-18-22-14-36-22)28(24)11-29-25-4-2-6-31(39-17-21-13-35-21)27(25)8-10-33(29)41-19-23-15-37-23/h1-10,20-23H,11-19H2. The van der Waals surface area contributed by atoms with Gasteiger partial charge >= 0.3 is 0 Å². The maximum Gasteiger partial charge on any atom is 0.127 e.